The van der Waals surface area contributed by atoms with Gasteiger partial charge >= 0.3 is 0 Å². The van der Waals surface area contributed by atoms with E-state index < -0.39 is 11.8 Å². The van der Waals surface area contributed by atoms with E-state index in [0.717, 1.165) is 11.1 Å². The number of likely N-dealkylation sites (N-methyl/N-ethyl adjacent to an activating group) is 2. The van der Waals surface area contributed by atoms with E-state index in [-0.39, 0.29) is 16.4 Å². The molecule has 43 heavy (non-hydrogen) atoms. The first kappa shape index (κ1) is 31.3. The van der Waals surface area contributed by atoms with Crippen molar-refractivity contribution in [3.8, 4) is 0 Å². The van der Waals surface area contributed by atoms with Crippen molar-refractivity contribution in [2.75, 3.05) is 23.9 Å². The number of rotatable bonds is 6. The topological polar surface area (TPSA) is 40.6 Å². The van der Waals surface area contributed by atoms with E-state index in [4.69, 9.17) is 0 Å². The molecule has 0 bridgehead atoms. The number of hydrogen-bond acceptors (Lipinski definition) is 2. The molecule has 0 radical (unpaired) electrons. The van der Waals surface area contributed by atoms with Crippen LogP contribution in [0.3, 0.4) is 0 Å². The molecule has 0 N–H and O–H groups in total. The summed E-state index contributed by atoms with van der Waals surface area (Å²) >= 11 is 0. The average molecular weight is 571 g/mol. The van der Waals surface area contributed by atoms with Crippen LogP contribution in [0.2, 0.25) is 0 Å². The third kappa shape index (κ3) is 7.41. The minimum Gasteiger partial charge on any atom is -0.311 e. The molecule has 0 unspecified atom stereocenters. The van der Waals surface area contributed by atoms with E-state index >= 15 is 0 Å². The first-order chi connectivity index (χ1) is 20.3. The first-order valence-electron chi connectivity index (χ1n) is 14.7. The van der Waals surface area contributed by atoms with Crippen LogP contribution in [0.15, 0.2) is 120 Å². The fraction of sp³-hybridized carbons (Fsp3) is 0.256. The second-order valence-electron chi connectivity index (χ2n) is 12.9. The maximum Gasteiger partial charge on any atom is 0.271 e. The Kier molecular flexibility index (Phi) is 9.23. The lowest BCUT2D eigenvalue weighted by molar-refractivity contribution is -0.120. The molecule has 0 aliphatic heterocycles. The van der Waals surface area contributed by atoms with Gasteiger partial charge in [0.15, 0.2) is 0 Å². The minimum atomic E-state index is -0.436. The summed E-state index contributed by atoms with van der Waals surface area (Å²) in [6, 6.07) is 35.3. The van der Waals surface area contributed by atoms with Crippen LogP contribution < -0.4 is 9.80 Å². The molecule has 4 rings (SSSR count). The number of carbonyl (C=O) groups is 2. The maximum atomic E-state index is 14.2. The lowest BCUT2D eigenvalue weighted by atomic mass is 9.84. The van der Waals surface area contributed by atoms with E-state index in [9.17, 15) is 9.59 Å². The minimum absolute atomic E-state index is 0.0134. The Morgan fingerprint density at radius 3 is 1.14 bits per heavy atom. The standard InChI is InChI=1S/C39H42N2O2/c1-38(2,3)30-23-19-28(20-24-30)34(29-21-25-31(26-22-29)39(4,5)6)27-35(36(42)40(7)32-15-11-9-12-16-32)37(43)41(8)33-17-13-10-14-18-33/h9-26H,1-8H3. The zero-order valence-corrected chi connectivity index (χ0v) is 26.6. The van der Waals surface area contributed by atoms with Crippen LogP contribution in [0, 0.1) is 0 Å². The van der Waals surface area contributed by atoms with Crippen molar-refractivity contribution in [2.45, 2.75) is 52.4 Å². The third-order valence-electron chi connectivity index (χ3n) is 7.65. The van der Waals surface area contributed by atoms with Crippen LogP contribution >= 0.6 is 0 Å². The van der Waals surface area contributed by atoms with Gasteiger partial charge < -0.3 is 9.80 Å². The van der Waals surface area contributed by atoms with Crippen molar-refractivity contribution in [3.05, 3.63) is 143 Å². The Morgan fingerprint density at radius 2 is 0.837 bits per heavy atom. The van der Waals surface area contributed by atoms with Crippen LogP contribution in [0.1, 0.15) is 63.8 Å². The molecule has 0 aromatic heterocycles. The summed E-state index contributed by atoms with van der Waals surface area (Å²) in [5.74, 6) is -0.872. The number of carbonyl (C=O) groups excluding carboxylic acids is 2. The van der Waals surface area contributed by atoms with E-state index in [1.54, 1.807) is 14.1 Å². The maximum absolute atomic E-state index is 14.2. The molecule has 0 atom stereocenters. The third-order valence-corrected chi connectivity index (χ3v) is 7.65. The highest BCUT2D eigenvalue weighted by atomic mass is 16.2. The average Bonchev–Trinajstić information content (AvgIpc) is 3.00. The fourth-order valence-electron chi connectivity index (χ4n) is 4.78. The van der Waals surface area contributed by atoms with Gasteiger partial charge in [0, 0.05) is 31.0 Å². The predicted molar refractivity (Wildman–Crippen MR) is 180 cm³/mol. The van der Waals surface area contributed by atoms with Crippen molar-refractivity contribution in [2.24, 2.45) is 0 Å². The zero-order chi connectivity index (χ0) is 31.4. The second kappa shape index (κ2) is 12.7. The van der Waals surface area contributed by atoms with E-state index in [1.807, 2.05) is 60.7 Å². The van der Waals surface area contributed by atoms with Gasteiger partial charge in [0.1, 0.15) is 5.57 Å². The normalized spacial score (nSPS) is 11.3. The van der Waals surface area contributed by atoms with Gasteiger partial charge in [0.25, 0.3) is 11.8 Å². The summed E-state index contributed by atoms with van der Waals surface area (Å²) in [5.41, 5.74) is 9.48. The van der Waals surface area contributed by atoms with Gasteiger partial charge in [-0.25, -0.2) is 0 Å². The lowest BCUT2D eigenvalue weighted by Crippen LogP contribution is -2.37. The van der Waals surface area contributed by atoms with E-state index in [1.165, 1.54) is 20.9 Å². The SMILES string of the molecule is CN(C(=O)C(=C=C(c1ccc(C(C)(C)C)cc1)c1ccc(C(C)(C)C)cc1)C(=O)N(C)c1ccccc1)c1ccccc1. The molecule has 4 nitrogen and oxygen atoms in total. The molecule has 4 aromatic carbocycles. The van der Waals surface area contributed by atoms with Crippen molar-refractivity contribution in [1.29, 1.82) is 0 Å². The summed E-state index contributed by atoms with van der Waals surface area (Å²) in [6.45, 7) is 13.1. The van der Waals surface area contributed by atoms with Crippen molar-refractivity contribution >= 4 is 28.8 Å². The lowest BCUT2D eigenvalue weighted by Gasteiger charge is -2.22. The molecule has 0 spiro atoms. The van der Waals surface area contributed by atoms with Gasteiger partial charge in [-0.3, -0.25) is 9.59 Å². The highest BCUT2D eigenvalue weighted by Gasteiger charge is 2.27. The van der Waals surface area contributed by atoms with Gasteiger partial charge in [-0.2, -0.15) is 0 Å². The molecule has 2 amide bonds. The van der Waals surface area contributed by atoms with Crippen LogP contribution in [-0.4, -0.2) is 25.9 Å². The molecule has 0 heterocycles. The monoisotopic (exact) mass is 570 g/mol. The fourth-order valence-corrected chi connectivity index (χ4v) is 4.78. The Hall–Kier alpha value is -4.66. The van der Waals surface area contributed by atoms with E-state index in [2.05, 4.69) is 95.8 Å². The smallest absolute Gasteiger partial charge is 0.271 e. The second-order valence-corrected chi connectivity index (χ2v) is 12.9. The molecule has 220 valence electrons. The van der Waals surface area contributed by atoms with Gasteiger partial charge in [0.2, 0.25) is 0 Å². The molecule has 0 saturated carbocycles. The molecule has 0 aliphatic rings. The molecule has 4 aromatic rings. The summed E-state index contributed by atoms with van der Waals surface area (Å²) in [5, 5.41) is 0. The summed E-state index contributed by atoms with van der Waals surface area (Å²) in [7, 11) is 3.37. The summed E-state index contributed by atoms with van der Waals surface area (Å²) in [4.78, 5) is 31.3. The highest BCUT2D eigenvalue weighted by Crippen LogP contribution is 2.30. The Bertz CT molecular complexity index is 1510. The summed E-state index contributed by atoms with van der Waals surface area (Å²) in [6.07, 6.45) is 0. The number of amides is 2. The largest absolute Gasteiger partial charge is 0.311 e. The molecule has 0 aliphatic carbocycles. The van der Waals surface area contributed by atoms with Crippen molar-refractivity contribution < 1.29 is 9.59 Å². The van der Waals surface area contributed by atoms with Gasteiger partial charge in [0.05, 0.1) is 0 Å². The molecular weight excluding hydrogens is 528 g/mol. The van der Waals surface area contributed by atoms with Gasteiger partial charge in [-0.1, -0.05) is 132 Å². The van der Waals surface area contributed by atoms with Gasteiger partial charge in [-0.15, -0.1) is 0 Å². The number of nitrogens with zero attached hydrogens (tertiary/aromatic N) is 2. The van der Waals surface area contributed by atoms with E-state index in [0.29, 0.717) is 16.9 Å². The molecule has 4 heteroatoms. The Morgan fingerprint density at radius 1 is 0.512 bits per heavy atom. The van der Waals surface area contributed by atoms with Crippen LogP contribution in [-0.2, 0) is 20.4 Å². The molecule has 0 fully saturated rings. The Balaban J connectivity index is 1.99. The predicted octanol–water partition coefficient (Wildman–Crippen LogP) is 8.56. The van der Waals surface area contributed by atoms with Crippen molar-refractivity contribution in [3.63, 3.8) is 0 Å². The molecule has 0 saturated heterocycles. The zero-order valence-electron chi connectivity index (χ0n) is 26.6. The summed E-state index contributed by atoms with van der Waals surface area (Å²) < 4.78 is 0. The highest BCUT2D eigenvalue weighted by molar-refractivity contribution is 6.27. The van der Waals surface area contributed by atoms with Crippen LogP contribution in [0.5, 0.6) is 0 Å². The van der Waals surface area contributed by atoms with Gasteiger partial charge in [-0.05, 0) is 57.3 Å². The quantitative estimate of drug-likeness (QED) is 0.101. The van der Waals surface area contributed by atoms with Crippen molar-refractivity contribution in [1.82, 2.24) is 0 Å². The number of benzene rings is 4. The Labute approximate surface area is 257 Å². The first-order valence-corrected chi connectivity index (χ1v) is 14.7. The number of hydrogen-bond donors (Lipinski definition) is 0. The van der Waals surface area contributed by atoms with Crippen LogP contribution in [0.4, 0.5) is 11.4 Å². The number of anilines is 2. The molecular formula is C39H42N2O2. The van der Waals surface area contributed by atoms with Crippen LogP contribution in [0.25, 0.3) is 5.57 Å². The number of para-hydroxylation sites is 2.